The van der Waals surface area contributed by atoms with Gasteiger partial charge >= 0.3 is 0 Å². The molecule has 3 nitrogen and oxygen atoms in total. The molecule has 0 aromatic carbocycles. The van der Waals surface area contributed by atoms with Crippen LogP contribution >= 0.6 is 0 Å². The number of aryl methyl sites for hydroxylation is 1. The highest BCUT2D eigenvalue weighted by Crippen LogP contribution is 2.21. The molecule has 2 aromatic rings. The van der Waals surface area contributed by atoms with E-state index in [1.807, 2.05) is 31.6 Å². The molecular formula is C15H17N3. The second kappa shape index (κ2) is 4.86. The Morgan fingerprint density at radius 3 is 2.78 bits per heavy atom. The van der Waals surface area contributed by atoms with Gasteiger partial charge < -0.3 is 5.32 Å². The Morgan fingerprint density at radius 1 is 1.17 bits per heavy atom. The monoisotopic (exact) mass is 239 g/mol. The second-order valence-electron chi connectivity index (χ2n) is 4.93. The molecule has 2 aromatic heterocycles. The molecule has 18 heavy (non-hydrogen) atoms. The van der Waals surface area contributed by atoms with Crippen molar-refractivity contribution in [3.63, 3.8) is 0 Å². The third kappa shape index (κ3) is 2.74. The van der Waals surface area contributed by atoms with Gasteiger partial charge in [-0.1, -0.05) is 6.07 Å². The van der Waals surface area contributed by atoms with Crippen molar-refractivity contribution in [1.29, 1.82) is 0 Å². The second-order valence-corrected chi connectivity index (χ2v) is 4.93. The molecule has 0 aliphatic heterocycles. The SMILES string of the molecule is Cc1ccc(-c2cncc(CNC3CC3)c2)cn1. The minimum atomic E-state index is 0.731. The number of hydrogen-bond donors (Lipinski definition) is 1. The van der Waals surface area contributed by atoms with Gasteiger partial charge in [0, 0.05) is 48.0 Å². The predicted octanol–water partition coefficient (Wildman–Crippen LogP) is 2.70. The third-order valence-electron chi connectivity index (χ3n) is 3.21. The fourth-order valence-corrected chi connectivity index (χ4v) is 1.93. The molecule has 0 unspecified atom stereocenters. The molecule has 92 valence electrons. The van der Waals surface area contributed by atoms with Crippen LogP contribution in [0.4, 0.5) is 0 Å². The van der Waals surface area contributed by atoms with Crippen molar-refractivity contribution in [2.75, 3.05) is 0 Å². The minimum Gasteiger partial charge on any atom is -0.310 e. The van der Waals surface area contributed by atoms with Crippen LogP contribution in [0.15, 0.2) is 36.8 Å². The fourth-order valence-electron chi connectivity index (χ4n) is 1.93. The molecule has 2 heterocycles. The lowest BCUT2D eigenvalue weighted by atomic mass is 10.1. The van der Waals surface area contributed by atoms with E-state index in [1.54, 1.807) is 0 Å². The van der Waals surface area contributed by atoms with E-state index in [0.717, 1.165) is 29.4 Å². The molecule has 0 saturated heterocycles. The Hall–Kier alpha value is -1.74. The Morgan fingerprint density at radius 2 is 2.06 bits per heavy atom. The van der Waals surface area contributed by atoms with Crippen LogP contribution in [0, 0.1) is 6.92 Å². The Balaban J connectivity index is 1.78. The standard InChI is InChI=1S/C15H17N3/c1-11-2-3-13(10-17-11)14-6-12(7-16-9-14)8-18-15-4-5-15/h2-3,6-7,9-10,15,18H,4-5,8H2,1H3. The van der Waals surface area contributed by atoms with Crippen molar-refractivity contribution in [2.45, 2.75) is 32.4 Å². The van der Waals surface area contributed by atoms with Crippen LogP contribution in [0.1, 0.15) is 24.1 Å². The average Bonchev–Trinajstić information content (AvgIpc) is 3.22. The van der Waals surface area contributed by atoms with E-state index in [1.165, 1.54) is 18.4 Å². The van der Waals surface area contributed by atoms with Gasteiger partial charge in [-0.3, -0.25) is 9.97 Å². The quantitative estimate of drug-likeness (QED) is 0.891. The molecule has 1 fully saturated rings. The summed E-state index contributed by atoms with van der Waals surface area (Å²) >= 11 is 0. The average molecular weight is 239 g/mol. The van der Waals surface area contributed by atoms with Crippen LogP contribution in [-0.4, -0.2) is 16.0 Å². The normalized spacial score (nSPS) is 14.7. The molecule has 1 aliphatic rings. The third-order valence-corrected chi connectivity index (χ3v) is 3.21. The van der Waals surface area contributed by atoms with Gasteiger partial charge in [-0.05, 0) is 37.5 Å². The van der Waals surface area contributed by atoms with Crippen LogP contribution in [-0.2, 0) is 6.54 Å². The summed E-state index contributed by atoms with van der Waals surface area (Å²) in [5, 5.41) is 3.51. The summed E-state index contributed by atoms with van der Waals surface area (Å²) in [4.78, 5) is 8.64. The summed E-state index contributed by atoms with van der Waals surface area (Å²) in [5.74, 6) is 0. The van der Waals surface area contributed by atoms with Crippen molar-refractivity contribution in [2.24, 2.45) is 0 Å². The Kier molecular flexibility index (Phi) is 3.07. The van der Waals surface area contributed by atoms with E-state index in [9.17, 15) is 0 Å². The molecule has 1 N–H and O–H groups in total. The van der Waals surface area contributed by atoms with Gasteiger partial charge in [0.15, 0.2) is 0 Å². The lowest BCUT2D eigenvalue weighted by Gasteiger charge is -2.06. The minimum absolute atomic E-state index is 0.731. The van der Waals surface area contributed by atoms with Crippen LogP contribution in [0.2, 0.25) is 0 Å². The summed E-state index contributed by atoms with van der Waals surface area (Å²) in [6, 6.07) is 7.05. The van der Waals surface area contributed by atoms with Crippen LogP contribution in [0.25, 0.3) is 11.1 Å². The molecule has 3 heteroatoms. The highest BCUT2D eigenvalue weighted by molar-refractivity contribution is 5.61. The molecule has 3 rings (SSSR count). The number of hydrogen-bond acceptors (Lipinski definition) is 3. The van der Waals surface area contributed by atoms with Crippen molar-refractivity contribution in [3.8, 4) is 11.1 Å². The van der Waals surface area contributed by atoms with Gasteiger partial charge in [-0.25, -0.2) is 0 Å². The first-order valence-electron chi connectivity index (χ1n) is 6.41. The zero-order valence-electron chi connectivity index (χ0n) is 10.6. The maximum atomic E-state index is 4.33. The first kappa shape index (κ1) is 11.4. The largest absolute Gasteiger partial charge is 0.310 e. The number of rotatable bonds is 4. The smallest absolute Gasteiger partial charge is 0.0373 e. The fraction of sp³-hybridized carbons (Fsp3) is 0.333. The molecule has 0 amide bonds. The molecule has 0 spiro atoms. The van der Waals surface area contributed by atoms with Crippen molar-refractivity contribution in [1.82, 2.24) is 15.3 Å². The maximum Gasteiger partial charge on any atom is 0.0373 e. The zero-order valence-corrected chi connectivity index (χ0v) is 10.6. The van der Waals surface area contributed by atoms with E-state index in [4.69, 9.17) is 0 Å². The Labute approximate surface area is 107 Å². The van der Waals surface area contributed by atoms with Crippen LogP contribution in [0.5, 0.6) is 0 Å². The zero-order chi connectivity index (χ0) is 12.4. The number of nitrogens with one attached hydrogen (secondary N) is 1. The Bertz CT molecular complexity index is 530. The van der Waals surface area contributed by atoms with E-state index in [0.29, 0.717) is 0 Å². The van der Waals surface area contributed by atoms with Gasteiger partial charge in [0.25, 0.3) is 0 Å². The number of aromatic nitrogens is 2. The van der Waals surface area contributed by atoms with E-state index >= 15 is 0 Å². The van der Waals surface area contributed by atoms with Gasteiger partial charge in [0.1, 0.15) is 0 Å². The number of nitrogens with zero attached hydrogens (tertiary/aromatic N) is 2. The first-order valence-corrected chi connectivity index (χ1v) is 6.41. The summed E-state index contributed by atoms with van der Waals surface area (Å²) in [6.45, 7) is 2.91. The molecule has 1 saturated carbocycles. The summed E-state index contributed by atoms with van der Waals surface area (Å²) in [5.41, 5.74) is 4.54. The first-order chi connectivity index (χ1) is 8.81. The summed E-state index contributed by atoms with van der Waals surface area (Å²) in [6.07, 6.45) is 8.36. The molecule has 1 aliphatic carbocycles. The molecule has 0 bridgehead atoms. The lowest BCUT2D eigenvalue weighted by Crippen LogP contribution is -2.15. The summed E-state index contributed by atoms with van der Waals surface area (Å²) < 4.78 is 0. The number of pyridine rings is 2. The van der Waals surface area contributed by atoms with Gasteiger partial charge in [0.05, 0.1) is 0 Å². The summed E-state index contributed by atoms with van der Waals surface area (Å²) in [7, 11) is 0. The maximum absolute atomic E-state index is 4.33. The van der Waals surface area contributed by atoms with Gasteiger partial charge in [0.2, 0.25) is 0 Å². The highest BCUT2D eigenvalue weighted by atomic mass is 14.9. The lowest BCUT2D eigenvalue weighted by molar-refractivity contribution is 0.686. The van der Waals surface area contributed by atoms with Crippen molar-refractivity contribution < 1.29 is 0 Å². The molecule has 0 radical (unpaired) electrons. The van der Waals surface area contributed by atoms with Gasteiger partial charge in [-0.15, -0.1) is 0 Å². The van der Waals surface area contributed by atoms with Crippen molar-refractivity contribution >= 4 is 0 Å². The molecule has 0 atom stereocenters. The van der Waals surface area contributed by atoms with Crippen LogP contribution in [0.3, 0.4) is 0 Å². The highest BCUT2D eigenvalue weighted by Gasteiger charge is 2.19. The van der Waals surface area contributed by atoms with Crippen LogP contribution < -0.4 is 5.32 Å². The van der Waals surface area contributed by atoms with E-state index in [-0.39, 0.29) is 0 Å². The van der Waals surface area contributed by atoms with Gasteiger partial charge in [-0.2, -0.15) is 0 Å². The van der Waals surface area contributed by atoms with E-state index < -0.39 is 0 Å². The van der Waals surface area contributed by atoms with Crippen molar-refractivity contribution in [3.05, 3.63) is 48.0 Å². The molecular weight excluding hydrogens is 222 g/mol. The topological polar surface area (TPSA) is 37.8 Å². The van der Waals surface area contributed by atoms with E-state index in [2.05, 4.69) is 27.4 Å². The predicted molar refractivity (Wildman–Crippen MR) is 72.1 cm³/mol.